The van der Waals surface area contributed by atoms with Gasteiger partial charge >= 0.3 is 0 Å². The van der Waals surface area contributed by atoms with Crippen molar-refractivity contribution in [1.29, 1.82) is 0 Å². The molecular weight excluding hydrogens is 441 g/mol. The molecule has 0 radical (unpaired) electrons. The van der Waals surface area contributed by atoms with Crippen LogP contribution in [0.5, 0.6) is 0 Å². The minimum Gasteiger partial charge on any atom is -0.294 e. The van der Waals surface area contributed by atoms with E-state index in [9.17, 15) is 9.18 Å². The van der Waals surface area contributed by atoms with Gasteiger partial charge in [0.25, 0.3) is 0 Å². The van der Waals surface area contributed by atoms with Crippen molar-refractivity contribution < 1.29 is 9.18 Å². The van der Waals surface area contributed by atoms with Gasteiger partial charge in [0.1, 0.15) is 5.82 Å². The zero-order valence-corrected chi connectivity index (χ0v) is 18.6. The summed E-state index contributed by atoms with van der Waals surface area (Å²) < 4.78 is 13.4. The summed E-state index contributed by atoms with van der Waals surface area (Å²) in [4.78, 5) is 31.2. The van der Waals surface area contributed by atoms with Crippen LogP contribution in [0.4, 0.5) is 16.3 Å². The lowest BCUT2D eigenvalue weighted by Crippen LogP contribution is -2.21. The second-order valence-electron chi connectivity index (χ2n) is 8.54. The number of rotatable bonds is 4. The van der Waals surface area contributed by atoms with Gasteiger partial charge < -0.3 is 0 Å². The minimum atomic E-state index is -0.296. The molecule has 1 unspecified atom stereocenters. The quantitative estimate of drug-likeness (QED) is 0.360. The fourth-order valence-corrected chi connectivity index (χ4v) is 4.52. The summed E-state index contributed by atoms with van der Waals surface area (Å²) in [6.07, 6.45) is 2.48. The van der Waals surface area contributed by atoms with E-state index in [2.05, 4.69) is 20.3 Å². The molecule has 7 heteroatoms. The molecule has 6 nitrogen and oxygen atoms in total. The number of nitrogens with zero attached hydrogens (tertiary/aromatic N) is 4. The number of ketones is 1. The molecule has 2 heterocycles. The van der Waals surface area contributed by atoms with E-state index in [0.717, 1.165) is 27.7 Å². The first kappa shape index (κ1) is 21.0. The molecule has 1 atom stereocenters. The number of anilines is 2. The number of carbonyl (C=O) groups excluding carboxylic acids is 1. The second-order valence-corrected chi connectivity index (χ2v) is 8.54. The van der Waals surface area contributed by atoms with E-state index in [0.29, 0.717) is 36.0 Å². The molecule has 0 spiro atoms. The number of aromatic nitrogens is 4. The maximum atomic E-state index is 13.4. The zero-order valence-electron chi connectivity index (χ0n) is 18.6. The monoisotopic (exact) mass is 461 g/mol. The van der Waals surface area contributed by atoms with Crippen LogP contribution in [0, 0.1) is 5.82 Å². The highest BCUT2D eigenvalue weighted by Gasteiger charge is 2.28. The van der Waals surface area contributed by atoms with E-state index in [-0.39, 0.29) is 17.5 Å². The average Bonchev–Trinajstić information content (AvgIpc) is 2.89. The van der Waals surface area contributed by atoms with Gasteiger partial charge in [-0.3, -0.25) is 10.1 Å². The first-order chi connectivity index (χ1) is 17.1. The fourth-order valence-electron chi connectivity index (χ4n) is 4.52. The lowest BCUT2D eigenvalue weighted by atomic mass is 9.82. The van der Waals surface area contributed by atoms with Gasteiger partial charge in [0, 0.05) is 23.6 Å². The van der Waals surface area contributed by atoms with E-state index in [1.165, 1.54) is 12.1 Å². The second kappa shape index (κ2) is 8.68. The molecule has 0 aliphatic heterocycles. The van der Waals surface area contributed by atoms with Crippen LogP contribution in [0.3, 0.4) is 0 Å². The Morgan fingerprint density at radius 3 is 2.40 bits per heavy atom. The molecule has 0 saturated heterocycles. The molecule has 6 rings (SSSR count). The van der Waals surface area contributed by atoms with Crippen molar-refractivity contribution in [2.45, 2.75) is 18.8 Å². The van der Waals surface area contributed by atoms with Crippen molar-refractivity contribution in [3.05, 3.63) is 108 Å². The molecule has 0 fully saturated rings. The summed E-state index contributed by atoms with van der Waals surface area (Å²) >= 11 is 0. The van der Waals surface area contributed by atoms with Crippen LogP contribution >= 0.6 is 0 Å². The molecule has 2 aromatic heterocycles. The van der Waals surface area contributed by atoms with Crippen LogP contribution in [0.25, 0.3) is 22.2 Å². The third-order valence-electron chi connectivity index (χ3n) is 6.26. The van der Waals surface area contributed by atoms with Gasteiger partial charge in [-0.1, -0.05) is 60.7 Å². The largest absolute Gasteiger partial charge is 0.294 e. The highest BCUT2D eigenvalue weighted by molar-refractivity contribution is 5.98. The predicted octanol–water partition coefficient (Wildman–Crippen LogP) is 5.88. The van der Waals surface area contributed by atoms with Crippen molar-refractivity contribution in [2.24, 2.45) is 0 Å². The Bertz CT molecular complexity index is 1550. The summed E-state index contributed by atoms with van der Waals surface area (Å²) in [5.41, 5.74) is 4.70. The summed E-state index contributed by atoms with van der Waals surface area (Å²) in [5, 5.41) is 4.08. The predicted molar refractivity (Wildman–Crippen MR) is 132 cm³/mol. The first-order valence-electron chi connectivity index (χ1n) is 11.4. The Labute approximate surface area is 200 Å². The van der Waals surface area contributed by atoms with E-state index in [1.807, 2.05) is 54.6 Å². The highest BCUT2D eigenvalue weighted by Crippen LogP contribution is 2.33. The van der Waals surface area contributed by atoms with Crippen LogP contribution < -0.4 is 5.32 Å². The van der Waals surface area contributed by atoms with Gasteiger partial charge in [0.2, 0.25) is 11.9 Å². The Balaban J connectivity index is 1.34. The third kappa shape index (κ3) is 4.12. The van der Waals surface area contributed by atoms with Gasteiger partial charge in [0.15, 0.2) is 5.78 Å². The Morgan fingerprint density at radius 2 is 1.57 bits per heavy atom. The average molecular weight is 462 g/mol. The van der Waals surface area contributed by atoms with Crippen molar-refractivity contribution in [2.75, 3.05) is 5.32 Å². The van der Waals surface area contributed by atoms with Crippen molar-refractivity contribution in [3.8, 4) is 11.3 Å². The lowest BCUT2D eigenvalue weighted by Gasteiger charge is -2.23. The number of nitrogens with one attached hydrogen (secondary N) is 1. The molecule has 0 bridgehead atoms. The number of fused-ring (bicyclic) bond motifs is 2. The van der Waals surface area contributed by atoms with Crippen LogP contribution in [0.15, 0.2) is 85.1 Å². The summed E-state index contributed by atoms with van der Waals surface area (Å²) in [5.74, 6) is 0.334. The van der Waals surface area contributed by atoms with Gasteiger partial charge in [-0.25, -0.2) is 24.3 Å². The number of benzene rings is 3. The number of Topliss-reactive ketones (excluding diaryl/α,β-unsaturated/α-hetero) is 1. The Kier molecular flexibility index (Phi) is 5.22. The number of halogens is 1. The van der Waals surface area contributed by atoms with Crippen LogP contribution in [-0.4, -0.2) is 25.7 Å². The van der Waals surface area contributed by atoms with E-state index in [1.54, 1.807) is 18.3 Å². The van der Waals surface area contributed by atoms with Crippen LogP contribution in [0.2, 0.25) is 0 Å². The molecule has 170 valence electrons. The Hall–Kier alpha value is -4.52. The number of hydrogen-bond donors (Lipinski definition) is 1. The van der Waals surface area contributed by atoms with Gasteiger partial charge in [-0.2, -0.15) is 0 Å². The van der Waals surface area contributed by atoms with Gasteiger partial charge in [0.05, 0.1) is 22.5 Å². The highest BCUT2D eigenvalue weighted by atomic mass is 19.1. The molecule has 5 aromatic rings. The van der Waals surface area contributed by atoms with Gasteiger partial charge in [-0.15, -0.1) is 0 Å². The van der Waals surface area contributed by atoms with Crippen LogP contribution in [0.1, 0.15) is 34.0 Å². The van der Waals surface area contributed by atoms with E-state index >= 15 is 0 Å². The molecule has 3 aromatic carbocycles. The molecule has 35 heavy (non-hydrogen) atoms. The maximum Gasteiger partial charge on any atom is 0.230 e. The minimum absolute atomic E-state index is 0.0135. The fraction of sp³-hybridized carbons (Fsp3) is 0.107. The normalized spacial score (nSPS) is 15.1. The zero-order chi connectivity index (χ0) is 23.8. The van der Waals surface area contributed by atoms with Crippen molar-refractivity contribution in [1.82, 2.24) is 19.9 Å². The molecule has 1 aliphatic rings. The molecule has 0 saturated carbocycles. The molecule has 0 amide bonds. The van der Waals surface area contributed by atoms with E-state index < -0.39 is 0 Å². The van der Waals surface area contributed by atoms with Crippen molar-refractivity contribution in [3.63, 3.8) is 0 Å². The summed E-state index contributed by atoms with van der Waals surface area (Å²) in [6.45, 7) is 0. The first-order valence-corrected chi connectivity index (χ1v) is 11.4. The van der Waals surface area contributed by atoms with Gasteiger partial charge in [-0.05, 0) is 36.1 Å². The SMILES string of the molecule is O=C1CC(c2ccc(F)cc2)Cc2nc(Nc3nc(-c4ccccc4)c4ccccc4n3)ncc21. The summed E-state index contributed by atoms with van der Waals surface area (Å²) in [6, 6.07) is 24.1. The number of carbonyl (C=O) groups is 1. The molecule has 1 aliphatic carbocycles. The van der Waals surface area contributed by atoms with Crippen molar-refractivity contribution >= 4 is 28.6 Å². The summed E-state index contributed by atoms with van der Waals surface area (Å²) in [7, 11) is 0. The number of hydrogen-bond acceptors (Lipinski definition) is 6. The topological polar surface area (TPSA) is 80.7 Å². The molecule has 1 N–H and O–H groups in total. The lowest BCUT2D eigenvalue weighted by molar-refractivity contribution is 0.0962. The Morgan fingerprint density at radius 1 is 0.800 bits per heavy atom. The smallest absolute Gasteiger partial charge is 0.230 e. The molecular formula is C28H20FN5O. The van der Waals surface area contributed by atoms with Crippen LogP contribution in [-0.2, 0) is 6.42 Å². The maximum absolute atomic E-state index is 13.4. The van der Waals surface area contributed by atoms with E-state index in [4.69, 9.17) is 4.98 Å². The standard InChI is InChI=1S/C28H20FN5O/c29-20-12-10-17(11-13-20)19-14-24-22(25(35)15-19)16-30-27(32-24)34-28-31-23-9-5-4-8-21(23)26(33-28)18-6-2-1-3-7-18/h1-13,16,19H,14-15H2,(H,30,31,32,33,34). The number of para-hydroxylation sites is 1. The third-order valence-corrected chi connectivity index (χ3v) is 6.26.